The second-order valence-electron chi connectivity index (χ2n) is 6.09. The molecule has 1 nitrogen and oxygen atoms in total. The van der Waals surface area contributed by atoms with Gasteiger partial charge in [0.15, 0.2) is 0 Å². The number of alkyl halides is 1. The molecule has 2 bridgehead atoms. The molecular formula is C16H22FN. The van der Waals surface area contributed by atoms with Gasteiger partial charge in [0.05, 0.1) is 0 Å². The van der Waals surface area contributed by atoms with Crippen LogP contribution in [0.4, 0.5) is 4.39 Å². The summed E-state index contributed by atoms with van der Waals surface area (Å²) in [4.78, 5) is 2.23. The highest BCUT2D eigenvalue weighted by atomic mass is 19.1. The molecule has 0 spiro atoms. The molecule has 2 aliphatic rings. The van der Waals surface area contributed by atoms with Crippen molar-refractivity contribution in [1.29, 1.82) is 0 Å². The van der Waals surface area contributed by atoms with Crippen LogP contribution in [0.25, 0.3) is 0 Å². The molecule has 0 saturated heterocycles. The SMILES string of the molecule is CN(Cc1ccccc1)[C@@H]1C[C@H]2CC[C@H](C2)[C@@H]1F. The first-order chi connectivity index (χ1) is 8.74. The van der Waals surface area contributed by atoms with Gasteiger partial charge < -0.3 is 0 Å². The van der Waals surface area contributed by atoms with E-state index in [1.807, 2.05) is 6.07 Å². The maximum absolute atomic E-state index is 14.5. The molecule has 2 fully saturated rings. The molecule has 0 unspecified atom stereocenters. The molecule has 0 N–H and O–H groups in total. The molecule has 0 amide bonds. The summed E-state index contributed by atoms with van der Waals surface area (Å²) in [5.74, 6) is 1.12. The molecule has 3 rings (SSSR count). The number of hydrogen-bond acceptors (Lipinski definition) is 1. The lowest BCUT2D eigenvalue weighted by atomic mass is 9.83. The molecule has 4 atom stereocenters. The minimum atomic E-state index is -0.613. The molecule has 2 saturated carbocycles. The Morgan fingerprint density at radius 2 is 1.94 bits per heavy atom. The van der Waals surface area contributed by atoms with Crippen LogP contribution in [0.5, 0.6) is 0 Å². The fourth-order valence-electron chi connectivity index (χ4n) is 3.81. The Hall–Kier alpha value is -0.890. The van der Waals surface area contributed by atoms with Gasteiger partial charge >= 0.3 is 0 Å². The molecule has 0 aromatic heterocycles. The largest absolute Gasteiger partial charge is 0.296 e. The lowest BCUT2D eigenvalue weighted by Crippen LogP contribution is -2.45. The maximum Gasteiger partial charge on any atom is 0.118 e. The van der Waals surface area contributed by atoms with Crippen LogP contribution in [0.2, 0.25) is 0 Å². The van der Waals surface area contributed by atoms with Crippen LogP contribution in [-0.4, -0.2) is 24.2 Å². The zero-order valence-electron chi connectivity index (χ0n) is 11.1. The Morgan fingerprint density at radius 3 is 2.72 bits per heavy atom. The standard InChI is InChI=1S/C16H22FN/c1-18(11-12-5-3-2-4-6-12)15-10-13-7-8-14(9-13)16(15)17/h2-6,13-16H,7-11H2,1H3/t13-,14+,15+,16-/m0/s1. The van der Waals surface area contributed by atoms with Crippen molar-refractivity contribution in [3.05, 3.63) is 35.9 Å². The average molecular weight is 247 g/mol. The van der Waals surface area contributed by atoms with E-state index in [4.69, 9.17) is 0 Å². The van der Waals surface area contributed by atoms with Crippen molar-refractivity contribution in [3.8, 4) is 0 Å². The van der Waals surface area contributed by atoms with Crippen molar-refractivity contribution >= 4 is 0 Å². The molecule has 1 aromatic carbocycles. The van der Waals surface area contributed by atoms with E-state index in [9.17, 15) is 4.39 Å². The van der Waals surface area contributed by atoms with Crippen molar-refractivity contribution in [1.82, 2.24) is 4.90 Å². The molecule has 18 heavy (non-hydrogen) atoms. The van der Waals surface area contributed by atoms with E-state index in [0.29, 0.717) is 5.92 Å². The normalized spacial score (nSPS) is 35.1. The Balaban J connectivity index is 1.67. The quantitative estimate of drug-likeness (QED) is 0.788. The number of halogens is 1. The summed E-state index contributed by atoms with van der Waals surface area (Å²) in [5, 5.41) is 0. The van der Waals surface area contributed by atoms with Gasteiger partial charge in [0.1, 0.15) is 6.17 Å². The lowest BCUT2D eigenvalue weighted by molar-refractivity contribution is 0.0498. The molecule has 2 aliphatic carbocycles. The minimum Gasteiger partial charge on any atom is -0.296 e. The third kappa shape index (κ3) is 2.31. The van der Waals surface area contributed by atoms with Crippen molar-refractivity contribution < 1.29 is 4.39 Å². The molecule has 0 heterocycles. The minimum absolute atomic E-state index is 0.136. The third-order valence-electron chi connectivity index (χ3n) is 4.82. The van der Waals surface area contributed by atoms with E-state index in [2.05, 4.69) is 36.2 Å². The molecule has 0 radical (unpaired) electrons. The topological polar surface area (TPSA) is 3.24 Å². The first kappa shape index (κ1) is 12.2. The van der Waals surface area contributed by atoms with Crippen LogP contribution < -0.4 is 0 Å². The van der Waals surface area contributed by atoms with Crippen LogP contribution >= 0.6 is 0 Å². The summed E-state index contributed by atoms with van der Waals surface area (Å²) in [5.41, 5.74) is 1.28. The summed E-state index contributed by atoms with van der Waals surface area (Å²) in [6, 6.07) is 10.5. The van der Waals surface area contributed by atoms with Gasteiger partial charge in [-0.1, -0.05) is 36.8 Å². The Morgan fingerprint density at radius 1 is 1.17 bits per heavy atom. The number of rotatable bonds is 3. The number of fused-ring (bicyclic) bond motifs is 2. The highest BCUT2D eigenvalue weighted by Crippen LogP contribution is 2.44. The highest BCUT2D eigenvalue weighted by Gasteiger charge is 2.43. The Kier molecular flexibility index (Phi) is 3.38. The Labute approximate surface area is 109 Å². The fourth-order valence-corrected chi connectivity index (χ4v) is 3.81. The molecule has 98 valence electrons. The first-order valence-electron chi connectivity index (χ1n) is 7.12. The zero-order valence-corrected chi connectivity index (χ0v) is 11.1. The predicted octanol–water partition coefficient (Wildman–Crippen LogP) is 3.65. The fraction of sp³-hybridized carbons (Fsp3) is 0.625. The van der Waals surface area contributed by atoms with Gasteiger partial charge in [-0.25, -0.2) is 4.39 Å². The molecule has 2 heteroatoms. The second-order valence-corrected chi connectivity index (χ2v) is 6.09. The zero-order chi connectivity index (χ0) is 12.5. The van der Waals surface area contributed by atoms with Crippen molar-refractivity contribution in [3.63, 3.8) is 0 Å². The summed E-state index contributed by atoms with van der Waals surface area (Å²) >= 11 is 0. The molecular weight excluding hydrogens is 225 g/mol. The number of hydrogen-bond donors (Lipinski definition) is 0. The number of nitrogens with zero attached hydrogens (tertiary/aromatic N) is 1. The van der Waals surface area contributed by atoms with Crippen LogP contribution in [0, 0.1) is 11.8 Å². The number of benzene rings is 1. The van der Waals surface area contributed by atoms with Gasteiger partial charge in [0.25, 0.3) is 0 Å². The second kappa shape index (κ2) is 5.00. The van der Waals surface area contributed by atoms with Crippen molar-refractivity contribution in [2.24, 2.45) is 11.8 Å². The van der Waals surface area contributed by atoms with Crippen LogP contribution in [-0.2, 0) is 6.54 Å². The van der Waals surface area contributed by atoms with E-state index < -0.39 is 6.17 Å². The maximum atomic E-state index is 14.5. The van der Waals surface area contributed by atoms with E-state index in [-0.39, 0.29) is 6.04 Å². The summed E-state index contributed by atoms with van der Waals surface area (Å²) < 4.78 is 14.5. The van der Waals surface area contributed by atoms with E-state index >= 15 is 0 Å². The van der Waals surface area contributed by atoms with Crippen LogP contribution in [0.3, 0.4) is 0 Å². The van der Waals surface area contributed by atoms with Gasteiger partial charge in [-0.05, 0) is 43.7 Å². The van der Waals surface area contributed by atoms with Gasteiger partial charge in [-0.2, -0.15) is 0 Å². The lowest BCUT2D eigenvalue weighted by Gasteiger charge is -2.37. The van der Waals surface area contributed by atoms with Crippen molar-refractivity contribution in [2.75, 3.05) is 7.05 Å². The first-order valence-corrected chi connectivity index (χ1v) is 7.12. The monoisotopic (exact) mass is 247 g/mol. The van der Waals surface area contributed by atoms with Crippen molar-refractivity contribution in [2.45, 2.75) is 44.4 Å². The predicted molar refractivity (Wildman–Crippen MR) is 72.0 cm³/mol. The van der Waals surface area contributed by atoms with E-state index in [1.54, 1.807) is 0 Å². The van der Waals surface area contributed by atoms with E-state index in [1.165, 1.54) is 12.0 Å². The van der Waals surface area contributed by atoms with Gasteiger partial charge in [-0.15, -0.1) is 0 Å². The third-order valence-corrected chi connectivity index (χ3v) is 4.82. The molecule has 1 aromatic rings. The van der Waals surface area contributed by atoms with Crippen LogP contribution in [0.15, 0.2) is 30.3 Å². The van der Waals surface area contributed by atoms with E-state index in [0.717, 1.165) is 31.7 Å². The average Bonchev–Trinajstić information content (AvgIpc) is 2.79. The summed E-state index contributed by atoms with van der Waals surface area (Å²) in [6.45, 7) is 0.866. The van der Waals surface area contributed by atoms with Crippen LogP contribution in [0.1, 0.15) is 31.2 Å². The smallest absolute Gasteiger partial charge is 0.118 e. The summed E-state index contributed by atoms with van der Waals surface area (Å²) in [6.07, 6.45) is 3.94. The Bertz CT molecular complexity index is 391. The van der Waals surface area contributed by atoms with Gasteiger partial charge in [0, 0.05) is 12.6 Å². The van der Waals surface area contributed by atoms with Gasteiger partial charge in [-0.3, -0.25) is 4.90 Å². The highest BCUT2D eigenvalue weighted by molar-refractivity contribution is 5.14. The van der Waals surface area contributed by atoms with Gasteiger partial charge in [0.2, 0.25) is 0 Å². The molecule has 0 aliphatic heterocycles. The summed E-state index contributed by atoms with van der Waals surface area (Å²) in [7, 11) is 2.08.